The molecule has 1 aliphatic rings. The van der Waals surface area contributed by atoms with Crippen LogP contribution < -0.4 is 0 Å². The minimum atomic E-state index is 1.04. The van der Waals surface area contributed by atoms with Gasteiger partial charge in [0.2, 0.25) is 0 Å². The molecule has 0 nitrogen and oxygen atoms in total. The molecule has 0 bridgehead atoms. The van der Waals surface area contributed by atoms with Gasteiger partial charge in [-0.2, -0.15) is 0 Å². The predicted molar refractivity (Wildman–Crippen MR) is 64.0 cm³/mol. The van der Waals surface area contributed by atoms with Gasteiger partial charge in [0.1, 0.15) is 0 Å². The first-order valence-electron chi connectivity index (χ1n) is 4.55. The summed E-state index contributed by atoms with van der Waals surface area (Å²) in [5, 5.41) is 0. The smallest absolute Gasteiger partial charge is 0.0184 e. The molecular formula is C14H14. The number of allylic oxidation sites excluding steroid dienone is 12. The second-order valence-electron chi connectivity index (χ2n) is 2.81. The first kappa shape index (κ1) is 10.3. The molecule has 0 aliphatic heterocycles. The molecule has 0 saturated carbocycles. The lowest BCUT2D eigenvalue weighted by atomic mass is 10.1. The molecule has 0 heteroatoms. The quantitative estimate of drug-likeness (QED) is 0.607. The lowest BCUT2D eigenvalue weighted by Gasteiger charge is -1.98. The Hall–Kier alpha value is -1.82. The van der Waals surface area contributed by atoms with Crippen LogP contribution in [0.1, 0.15) is 0 Å². The van der Waals surface area contributed by atoms with Gasteiger partial charge in [0.05, 0.1) is 0 Å². The van der Waals surface area contributed by atoms with Crippen LogP contribution in [0, 0.1) is 0 Å². The van der Waals surface area contributed by atoms with Gasteiger partial charge in [-0.25, -0.2) is 0 Å². The van der Waals surface area contributed by atoms with E-state index in [0.29, 0.717) is 0 Å². The summed E-state index contributed by atoms with van der Waals surface area (Å²) in [7, 11) is 0. The molecule has 0 saturated heterocycles. The van der Waals surface area contributed by atoms with E-state index in [1.165, 1.54) is 0 Å². The summed E-state index contributed by atoms with van der Waals surface area (Å²) in [6.45, 7) is 7.50. The van der Waals surface area contributed by atoms with Crippen LogP contribution in [0.15, 0.2) is 85.1 Å². The van der Waals surface area contributed by atoms with Crippen LogP contribution in [0.5, 0.6) is 0 Å². The van der Waals surface area contributed by atoms with E-state index < -0.39 is 0 Å². The summed E-state index contributed by atoms with van der Waals surface area (Å²) in [5.41, 5.74) is 2.16. The van der Waals surface area contributed by atoms with E-state index in [-0.39, 0.29) is 0 Å². The van der Waals surface area contributed by atoms with Crippen molar-refractivity contribution in [2.24, 2.45) is 0 Å². The third-order valence-electron chi connectivity index (χ3n) is 1.88. The number of hydrogen-bond donors (Lipinski definition) is 0. The molecule has 0 amide bonds. The van der Waals surface area contributed by atoms with Crippen molar-refractivity contribution in [3.63, 3.8) is 0 Å². The monoisotopic (exact) mass is 182 g/mol. The molecule has 0 N–H and O–H groups in total. The summed E-state index contributed by atoms with van der Waals surface area (Å²) in [5.74, 6) is 0. The largest absolute Gasteiger partial charge is 0.0984 e. The van der Waals surface area contributed by atoms with Gasteiger partial charge in [-0.3, -0.25) is 0 Å². The SMILES string of the molecule is C=CC(C=C)=C1\C=C/C=C\C=C/C=C\1. The van der Waals surface area contributed by atoms with E-state index >= 15 is 0 Å². The molecule has 1 aliphatic carbocycles. The molecule has 0 aromatic carbocycles. The lowest BCUT2D eigenvalue weighted by Crippen LogP contribution is -1.78. The van der Waals surface area contributed by atoms with Crippen molar-refractivity contribution in [3.05, 3.63) is 85.1 Å². The Morgan fingerprint density at radius 1 is 0.786 bits per heavy atom. The van der Waals surface area contributed by atoms with Gasteiger partial charge in [0.15, 0.2) is 0 Å². The fraction of sp³-hybridized carbons (Fsp3) is 0. The normalized spacial score (nSPS) is 23.6. The maximum atomic E-state index is 3.75. The van der Waals surface area contributed by atoms with Crippen LogP contribution in [0.3, 0.4) is 0 Å². The van der Waals surface area contributed by atoms with Gasteiger partial charge in [0.25, 0.3) is 0 Å². The fourth-order valence-corrected chi connectivity index (χ4v) is 1.14. The highest BCUT2D eigenvalue weighted by molar-refractivity contribution is 5.47. The highest BCUT2D eigenvalue weighted by Crippen LogP contribution is 2.11. The van der Waals surface area contributed by atoms with Crippen molar-refractivity contribution in [1.82, 2.24) is 0 Å². The number of rotatable bonds is 2. The van der Waals surface area contributed by atoms with Gasteiger partial charge >= 0.3 is 0 Å². The average molecular weight is 182 g/mol. The zero-order valence-electron chi connectivity index (χ0n) is 8.19. The summed E-state index contributed by atoms with van der Waals surface area (Å²) < 4.78 is 0. The van der Waals surface area contributed by atoms with Gasteiger partial charge in [-0.1, -0.05) is 73.9 Å². The minimum Gasteiger partial charge on any atom is -0.0984 e. The topological polar surface area (TPSA) is 0 Å². The predicted octanol–water partition coefficient (Wildman–Crippen LogP) is 3.89. The van der Waals surface area contributed by atoms with Crippen molar-refractivity contribution in [1.29, 1.82) is 0 Å². The van der Waals surface area contributed by atoms with E-state index in [4.69, 9.17) is 0 Å². The van der Waals surface area contributed by atoms with Crippen molar-refractivity contribution >= 4 is 0 Å². The summed E-state index contributed by atoms with van der Waals surface area (Å²) in [4.78, 5) is 0. The first-order chi connectivity index (χ1) is 6.88. The zero-order chi connectivity index (χ0) is 10.2. The first-order valence-corrected chi connectivity index (χ1v) is 4.55. The van der Waals surface area contributed by atoms with Crippen molar-refractivity contribution in [3.8, 4) is 0 Å². The summed E-state index contributed by atoms with van der Waals surface area (Å²) >= 11 is 0. The molecule has 1 rings (SSSR count). The Bertz CT molecular complexity index is 323. The lowest BCUT2D eigenvalue weighted by molar-refractivity contribution is 1.58. The molecule has 0 fully saturated rings. The van der Waals surface area contributed by atoms with Crippen LogP contribution >= 0.6 is 0 Å². The van der Waals surface area contributed by atoms with E-state index in [2.05, 4.69) is 13.2 Å². The average Bonchev–Trinajstić information content (AvgIpc) is 2.34. The van der Waals surface area contributed by atoms with Crippen LogP contribution in [0.4, 0.5) is 0 Å². The van der Waals surface area contributed by atoms with Crippen molar-refractivity contribution in [2.75, 3.05) is 0 Å². The molecule has 0 atom stereocenters. The van der Waals surface area contributed by atoms with E-state index in [9.17, 15) is 0 Å². The highest BCUT2D eigenvalue weighted by Gasteiger charge is 1.91. The number of hydrogen-bond acceptors (Lipinski definition) is 0. The second kappa shape index (κ2) is 5.76. The molecule has 0 radical (unpaired) electrons. The van der Waals surface area contributed by atoms with Gasteiger partial charge in [0, 0.05) is 0 Å². The molecule has 0 unspecified atom stereocenters. The van der Waals surface area contributed by atoms with E-state index in [1.807, 2.05) is 60.8 Å². The highest BCUT2D eigenvalue weighted by atomic mass is 14.0. The Balaban J connectivity index is 3.13. The fourth-order valence-electron chi connectivity index (χ4n) is 1.14. The van der Waals surface area contributed by atoms with Crippen molar-refractivity contribution in [2.45, 2.75) is 0 Å². The molecular weight excluding hydrogens is 168 g/mol. The van der Waals surface area contributed by atoms with Crippen LogP contribution in [-0.2, 0) is 0 Å². The Morgan fingerprint density at radius 3 is 1.64 bits per heavy atom. The van der Waals surface area contributed by atoms with Crippen LogP contribution in [0.2, 0.25) is 0 Å². The summed E-state index contributed by atoms with van der Waals surface area (Å²) in [6, 6.07) is 0. The Kier molecular flexibility index (Phi) is 4.22. The maximum absolute atomic E-state index is 3.75. The third-order valence-corrected chi connectivity index (χ3v) is 1.88. The standard InChI is InChI=1S/C14H14/c1-3-13(4-2)14-11-9-7-5-6-8-10-12-14/h3-12H,1-2H2/b7-5-,8-6-,11-9-,12-10-. The van der Waals surface area contributed by atoms with Gasteiger partial charge < -0.3 is 0 Å². The molecule has 14 heavy (non-hydrogen) atoms. The van der Waals surface area contributed by atoms with Crippen LogP contribution in [-0.4, -0.2) is 0 Å². The zero-order valence-corrected chi connectivity index (χ0v) is 8.19. The summed E-state index contributed by atoms with van der Waals surface area (Å²) in [6.07, 6.45) is 19.7. The Labute approximate surface area is 85.7 Å². The maximum Gasteiger partial charge on any atom is -0.0184 e. The van der Waals surface area contributed by atoms with Gasteiger partial charge in [-0.15, -0.1) is 0 Å². The third kappa shape index (κ3) is 2.91. The molecule has 0 aromatic rings. The van der Waals surface area contributed by atoms with Crippen LogP contribution in [0.25, 0.3) is 0 Å². The molecule has 0 spiro atoms. The van der Waals surface area contributed by atoms with E-state index in [1.54, 1.807) is 0 Å². The molecule has 0 heterocycles. The molecule has 70 valence electrons. The minimum absolute atomic E-state index is 1.04. The van der Waals surface area contributed by atoms with Crippen molar-refractivity contribution < 1.29 is 0 Å². The second-order valence-corrected chi connectivity index (χ2v) is 2.81. The Morgan fingerprint density at radius 2 is 1.21 bits per heavy atom. The molecule has 0 aromatic heterocycles. The van der Waals surface area contributed by atoms with E-state index in [0.717, 1.165) is 11.1 Å². The van der Waals surface area contributed by atoms with Gasteiger partial charge in [-0.05, 0) is 11.1 Å².